The van der Waals surface area contributed by atoms with Crippen molar-refractivity contribution in [3.63, 3.8) is 0 Å². The Hall–Kier alpha value is -3.15. The van der Waals surface area contributed by atoms with Crippen LogP contribution in [0.15, 0.2) is 84.9 Å². The van der Waals surface area contributed by atoms with Gasteiger partial charge in [0, 0.05) is 16.3 Å². The molecule has 3 N–H and O–H groups in total. The van der Waals surface area contributed by atoms with Crippen LogP contribution in [0, 0.1) is 0 Å². The van der Waals surface area contributed by atoms with Gasteiger partial charge in [0.15, 0.2) is 0 Å². The molecular weight excluding hydrogens is 362 g/mol. The van der Waals surface area contributed by atoms with Crippen molar-refractivity contribution < 1.29 is 9.59 Å². The molecule has 0 bridgehead atoms. The molecule has 0 saturated carbocycles. The van der Waals surface area contributed by atoms with E-state index in [2.05, 4.69) is 16.2 Å². The molecule has 0 unspecified atom stereocenters. The third kappa shape index (κ3) is 5.17. The Morgan fingerprint density at radius 3 is 2.00 bits per heavy atom. The van der Waals surface area contributed by atoms with Crippen molar-refractivity contribution in [1.29, 1.82) is 0 Å². The molecule has 0 aromatic heterocycles. The Bertz CT molecular complexity index is 900. The van der Waals surface area contributed by atoms with E-state index in [9.17, 15) is 9.59 Å². The summed E-state index contributed by atoms with van der Waals surface area (Å²) in [7, 11) is 0. The Kier molecular flexibility index (Phi) is 6.20. The summed E-state index contributed by atoms with van der Waals surface area (Å²) >= 11 is 5.94. The maximum atomic E-state index is 12.8. The minimum absolute atomic E-state index is 0.308. The summed E-state index contributed by atoms with van der Waals surface area (Å²) in [5.41, 5.74) is 7.24. The molecular formula is C21H18ClN3O2. The zero-order chi connectivity index (χ0) is 19.1. The quantitative estimate of drug-likeness (QED) is 0.568. The summed E-state index contributed by atoms with van der Waals surface area (Å²) in [6.45, 7) is 0. The van der Waals surface area contributed by atoms with Gasteiger partial charge in [0.2, 0.25) is 5.91 Å². The maximum Gasteiger partial charge on any atom is 0.265 e. The molecule has 0 aliphatic heterocycles. The molecule has 1 atom stereocenters. The molecule has 3 aromatic carbocycles. The molecule has 0 aliphatic carbocycles. The van der Waals surface area contributed by atoms with E-state index in [0.717, 1.165) is 0 Å². The van der Waals surface area contributed by atoms with Crippen molar-refractivity contribution in [1.82, 2.24) is 10.9 Å². The summed E-state index contributed by atoms with van der Waals surface area (Å²) in [4.78, 5) is 25.1. The molecule has 27 heavy (non-hydrogen) atoms. The molecule has 0 radical (unpaired) electrons. The van der Waals surface area contributed by atoms with E-state index in [0.29, 0.717) is 21.8 Å². The molecule has 2 amide bonds. The van der Waals surface area contributed by atoms with Gasteiger partial charge in [-0.1, -0.05) is 60.1 Å². The molecule has 0 spiro atoms. The summed E-state index contributed by atoms with van der Waals surface area (Å²) in [6, 6.07) is 23.9. The van der Waals surface area contributed by atoms with Crippen LogP contribution in [0.3, 0.4) is 0 Å². The van der Waals surface area contributed by atoms with E-state index < -0.39 is 6.04 Å². The molecule has 3 rings (SSSR count). The lowest BCUT2D eigenvalue weighted by Gasteiger charge is -2.19. The van der Waals surface area contributed by atoms with Crippen molar-refractivity contribution in [3.05, 3.63) is 101 Å². The number of carbonyl (C=O) groups excluding carboxylic acids is 2. The van der Waals surface area contributed by atoms with Gasteiger partial charge >= 0.3 is 0 Å². The summed E-state index contributed by atoms with van der Waals surface area (Å²) < 4.78 is 0. The summed E-state index contributed by atoms with van der Waals surface area (Å²) in [5, 5.41) is 3.40. The molecule has 0 saturated heterocycles. The normalized spacial score (nSPS) is 11.4. The summed E-state index contributed by atoms with van der Waals surface area (Å²) in [5.74, 6) is -0.640. The molecule has 0 aliphatic rings. The summed E-state index contributed by atoms with van der Waals surface area (Å²) in [6.07, 6.45) is 0. The predicted molar refractivity (Wildman–Crippen MR) is 106 cm³/mol. The van der Waals surface area contributed by atoms with Crippen molar-refractivity contribution >= 4 is 29.1 Å². The first-order chi connectivity index (χ1) is 13.1. The fraction of sp³-hybridized carbons (Fsp3) is 0.0476. The highest BCUT2D eigenvalue weighted by Crippen LogP contribution is 2.18. The fourth-order valence-corrected chi connectivity index (χ4v) is 2.62. The molecule has 5 nitrogen and oxygen atoms in total. The number of hydrogen-bond donors (Lipinski definition) is 3. The van der Waals surface area contributed by atoms with Crippen LogP contribution in [-0.2, 0) is 4.79 Å². The van der Waals surface area contributed by atoms with Crippen LogP contribution in [0.1, 0.15) is 22.0 Å². The molecule has 0 heterocycles. The highest BCUT2D eigenvalue weighted by atomic mass is 35.5. The standard InChI is InChI=1S/C21H18ClN3O2/c22-17-13-11-15(12-14-17)19(21(27)23-18-9-5-2-6-10-18)24-25-20(26)16-7-3-1-4-8-16/h1-14,19,24H,(H,23,27)(H,25,26)/t19-/m0/s1. The first-order valence-corrected chi connectivity index (χ1v) is 8.73. The lowest BCUT2D eigenvalue weighted by atomic mass is 10.1. The number of hydrogen-bond acceptors (Lipinski definition) is 3. The Morgan fingerprint density at radius 1 is 0.778 bits per heavy atom. The first-order valence-electron chi connectivity index (χ1n) is 8.36. The molecule has 3 aromatic rings. The minimum atomic E-state index is -0.796. The van der Waals surface area contributed by atoms with Crippen molar-refractivity contribution in [2.45, 2.75) is 6.04 Å². The number of amides is 2. The molecule has 6 heteroatoms. The first kappa shape index (κ1) is 18.6. The van der Waals surface area contributed by atoms with Gasteiger partial charge in [-0.3, -0.25) is 15.0 Å². The van der Waals surface area contributed by atoms with Crippen LogP contribution < -0.4 is 16.2 Å². The Balaban J connectivity index is 1.76. The number of nitrogens with one attached hydrogen (secondary N) is 3. The lowest BCUT2D eigenvalue weighted by Crippen LogP contribution is -2.44. The van der Waals surface area contributed by atoms with E-state index >= 15 is 0 Å². The van der Waals surface area contributed by atoms with Gasteiger partial charge in [-0.15, -0.1) is 0 Å². The highest BCUT2D eigenvalue weighted by molar-refractivity contribution is 6.30. The highest BCUT2D eigenvalue weighted by Gasteiger charge is 2.21. The van der Waals surface area contributed by atoms with Gasteiger partial charge in [0.25, 0.3) is 5.91 Å². The third-order valence-corrected chi connectivity index (χ3v) is 4.12. The van der Waals surface area contributed by atoms with E-state index in [1.165, 1.54) is 0 Å². The minimum Gasteiger partial charge on any atom is -0.324 e. The number of hydrazine groups is 1. The van der Waals surface area contributed by atoms with Crippen LogP contribution in [0.25, 0.3) is 0 Å². The van der Waals surface area contributed by atoms with Gasteiger partial charge in [-0.05, 0) is 42.0 Å². The Labute approximate surface area is 162 Å². The average Bonchev–Trinajstić information content (AvgIpc) is 2.70. The van der Waals surface area contributed by atoms with Gasteiger partial charge in [-0.25, -0.2) is 5.43 Å². The second-order valence-corrected chi connectivity index (χ2v) is 6.24. The monoisotopic (exact) mass is 379 g/mol. The fourth-order valence-electron chi connectivity index (χ4n) is 2.49. The van der Waals surface area contributed by atoms with E-state index in [-0.39, 0.29) is 11.8 Å². The van der Waals surface area contributed by atoms with Crippen molar-refractivity contribution in [3.8, 4) is 0 Å². The van der Waals surface area contributed by atoms with Crippen LogP contribution in [0.5, 0.6) is 0 Å². The number of anilines is 1. The smallest absolute Gasteiger partial charge is 0.265 e. The van der Waals surface area contributed by atoms with Crippen molar-refractivity contribution in [2.75, 3.05) is 5.32 Å². The van der Waals surface area contributed by atoms with Gasteiger partial charge in [-0.2, -0.15) is 0 Å². The maximum absolute atomic E-state index is 12.8. The van der Waals surface area contributed by atoms with E-state index in [1.807, 2.05) is 24.3 Å². The van der Waals surface area contributed by atoms with Crippen molar-refractivity contribution in [2.24, 2.45) is 0 Å². The van der Waals surface area contributed by atoms with E-state index in [1.54, 1.807) is 60.7 Å². The predicted octanol–water partition coefficient (Wildman–Crippen LogP) is 3.95. The Morgan fingerprint density at radius 2 is 1.37 bits per heavy atom. The SMILES string of the molecule is O=C(NN[C@H](C(=O)Nc1ccccc1)c1ccc(Cl)cc1)c1ccccc1. The van der Waals surface area contributed by atoms with Crippen LogP contribution >= 0.6 is 11.6 Å². The number of carbonyl (C=O) groups is 2. The number of benzene rings is 3. The topological polar surface area (TPSA) is 70.2 Å². The average molecular weight is 380 g/mol. The van der Waals surface area contributed by atoms with Crippen LogP contribution in [-0.4, -0.2) is 11.8 Å². The molecule has 136 valence electrons. The number of rotatable bonds is 6. The molecule has 0 fully saturated rings. The number of halogens is 1. The van der Waals surface area contributed by atoms with Crippen LogP contribution in [0.2, 0.25) is 5.02 Å². The number of para-hydroxylation sites is 1. The lowest BCUT2D eigenvalue weighted by molar-refractivity contribution is -0.118. The van der Waals surface area contributed by atoms with Gasteiger partial charge < -0.3 is 5.32 Å². The van der Waals surface area contributed by atoms with Gasteiger partial charge in [0.1, 0.15) is 6.04 Å². The van der Waals surface area contributed by atoms with Crippen LogP contribution in [0.4, 0.5) is 5.69 Å². The second-order valence-electron chi connectivity index (χ2n) is 5.80. The third-order valence-electron chi connectivity index (χ3n) is 3.87. The largest absolute Gasteiger partial charge is 0.324 e. The van der Waals surface area contributed by atoms with Gasteiger partial charge in [0.05, 0.1) is 0 Å². The zero-order valence-electron chi connectivity index (χ0n) is 14.4. The zero-order valence-corrected chi connectivity index (χ0v) is 15.1. The van der Waals surface area contributed by atoms with E-state index in [4.69, 9.17) is 11.6 Å². The second kappa shape index (κ2) is 8.98.